The minimum absolute atomic E-state index is 0.0520. The highest BCUT2D eigenvalue weighted by Crippen LogP contribution is 2.33. The molecule has 2 aromatic heterocycles. The third-order valence-corrected chi connectivity index (χ3v) is 9.95. The maximum Gasteiger partial charge on any atom is 0.433 e. The van der Waals surface area contributed by atoms with E-state index in [1.807, 2.05) is 18.9 Å². The van der Waals surface area contributed by atoms with Crippen molar-refractivity contribution in [3.63, 3.8) is 0 Å². The zero-order chi connectivity index (χ0) is 31.1. The topological polar surface area (TPSA) is 113 Å². The first-order chi connectivity index (χ1) is 19.7. The van der Waals surface area contributed by atoms with Crippen LogP contribution in [0.5, 0.6) is 0 Å². The molecular formula is C28H34F5N3O4S2. The number of hydrogen-bond donors (Lipinski definition) is 2. The van der Waals surface area contributed by atoms with Gasteiger partial charge in [0.05, 0.1) is 40.7 Å². The smallest absolute Gasteiger partial charge is 0.359 e. The number of aromatic amines is 2. The van der Waals surface area contributed by atoms with Crippen LogP contribution >= 0.6 is 0 Å². The summed E-state index contributed by atoms with van der Waals surface area (Å²) in [6.07, 6.45) is -0.0266. The molecule has 0 aliphatic rings. The van der Waals surface area contributed by atoms with E-state index >= 15 is 0 Å². The maximum absolute atomic E-state index is 13.9. The summed E-state index contributed by atoms with van der Waals surface area (Å²) < 4.78 is 112. The lowest BCUT2D eigenvalue weighted by Gasteiger charge is -2.06. The molecule has 0 spiro atoms. The molecule has 0 saturated heterocycles. The number of rotatable bonds is 12. The van der Waals surface area contributed by atoms with Crippen LogP contribution in [0.3, 0.4) is 0 Å². The second-order valence-electron chi connectivity index (χ2n) is 10.2. The fourth-order valence-electron chi connectivity index (χ4n) is 4.47. The van der Waals surface area contributed by atoms with Crippen molar-refractivity contribution < 1.29 is 38.8 Å². The molecule has 7 nitrogen and oxygen atoms in total. The molecule has 2 aromatic carbocycles. The number of sulfone groups is 2. The van der Waals surface area contributed by atoms with Gasteiger partial charge >= 0.3 is 6.18 Å². The highest BCUT2D eigenvalue weighted by atomic mass is 32.2. The lowest BCUT2D eigenvalue weighted by Crippen LogP contribution is -2.10. The van der Waals surface area contributed by atoms with Crippen LogP contribution in [0.4, 0.5) is 22.0 Å². The highest BCUT2D eigenvalue weighted by molar-refractivity contribution is 7.90. The van der Waals surface area contributed by atoms with E-state index in [4.69, 9.17) is 0 Å². The van der Waals surface area contributed by atoms with Gasteiger partial charge in [-0.05, 0) is 67.1 Å². The van der Waals surface area contributed by atoms with E-state index in [0.717, 1.165) is 18.4 Å². The first-order valence-electron chi connectivity index (χ1n) is 13.4. The first-order valence-corrected chi connectivity index (χ1v) is 17.1. The van der Waals surface area contributed by atoms with Gasteiger partial charge in [-0.25, -0.2) is 21.2 Å². The lowest BCUT2D eigenvalue weighted by molar-refractivity contribution is -0.139. The van der Waals surface area contributed by atoms with Crippen LogP contribution in [-0.2, 0) is 37.4 Å². The van der Waals surface area contributed by atoms with Gasteiger partial charge in [-0.15, -0.1) is 0 Å². The maximum atomic E-state index is 13.9. The normalized spacial score (nSPS) is 12.5. The average Bonchev–Trinajstić information content (AvgIpc) is 3.48. The molecule has 0 amide bonds. The third-order valence-electron chi connectivity index (χ3n) is 6.58. The largest absolute Gasteiger partial charge is 0.433 e. The van der Waals surface area contributed by atoms with E-state index in [9.17, 15) is 38.8 Å². The van der Waals surface area contributed by atoms with Gasteiger partial charge in [0.1, 0.15) is 11.5 Å². The van der Waals surface area contributed by atoms with Crippen molar-refractivity contribution in [2.75, 3.05) is 18.2 Å². The monoisotopic (exact) mass is 635 g/mol. The van der Waals surface area contributed by atoms with Crippen LogP contribution < -0.4 is 0 Å². The van der Waals surface area contributed by atoms with E-state index < -0.39 is 44.0 Å². The number of alkyl halides is 4. The summed E-state index contributed by atoms with van der Waals surface area (Å²) in [6.45, 7) is 3.29. The summed E-state index contributed by atoms with van der Waals surface area (Å²) in [4.78, 5) is 2.82. The molecular weight excluding hydrogens is 601 g/mol. The predicted molar refractivity (Wildman–Crippen MR) is 154 cm³/mol. The average molecular weight is 636 g/mol. The van der Waals surface area contributed by atoms with Crippen molar-refractivity contribution in [2.45, 2.75) is 63.6 Å². The number of fused-ring (bicyclic) bond motifs is 2. The van der Waals surface area contributed by atoms with Crippen molar-refractivity contribution in [3.8, 4) is 0 Å². The second kappa shape index (κ2) is 14.0. The molecule has 14 heteroatoms. The van der Waals surface area contributed by atoms with E-state index in [-0.39, 0.29) is 40.3 Å². The summed E-state index contributed by atoms with van der Waals surface area (Å²) in [7, 11) is -6.65. The Morgan fingerprint density at radius 2 is 1.48 bits per heavy atom. The summed E-state index contributed by atoms with van der Waals surface area (Å²) >= 11 is 0. The molecule has 0 saturated carbocycles. The molecule has 4 rings (SSSR count). The van der Waals surface area contributed by atoms with E-state index in [1.165, 1.54) is 24.3 Å². The SMILES string of the molecule is CCCCCS(=O)(=O)Cc1ccc2n[nH]c(C(F)(F)F)c2c1.Cc1c[nH]c2c(F)cc(CS(=O)(=O)CCCCF)cc12. The van der Waals surface area contributed by atoms with Crippen molar-refractivity contribution in [3.05, 3.63) is 64.7 Å². The van der Waals surface area contributed by atoms with Gasteiger partial charge in [0, 0.05) is 17.0 Å². The Labute approximate surface area is 241 Å². The van der Waals surface area contributed by atoms with Crippen LogP contribution in [0, 0.1) is 12.7 Å². The Bertz CT molecular complexity index is 1710. The van der Waals surface area contributed by atoms with Crippen LogP contribution in [-0.4, -0.2) is 50.2 Å². The van der Waals surface area contributed by atoms with Crippen molar-refractivity contribution in [2.24, 2.45) is 0 Å². The number of nitrogens with zero attached hydrogens (tertiary/aromatic N) is 1. The molecule has 0 fully saturated rings. The molecule has 0 bridgehead atoms. The number of halogens is 5. The molecule has 0 aliphatic heterocycles. The van der Waals surface area contributed by atoms with Gasteiger partial charge < -0.3 is 4.98 Å². The van der Waals surface area contributed by atoms with Gasteiger partial charge in [-0.3, -0.25) is 9.49 Å². The standard InChI is InChI=1S/C14H17F3N2O2S.C14H17F2NO2S/c1-2-3-4-7-22(20,21)9-10-5-6-12-11(8-10)13(19-18-12)14(15,16)17;1-10-8-17-14-12(10)6-11(7-13(14)16)9-20(18,19)5-3-2-4-15/h5-6,8H,2-4,7,9H2,1H3,(H,18,19);6-8,17H,2-5,9H2,1H3. The molecule has 42 heavy (non-hydrogen) atoms. The molecule has 2 N–H and O–H groups in total. The summed E-state index contributed by atoms with van der Waals surface area (Å²) in [6, 6.07) is 7.08. The van der Waals surface area contributed by atoms with Crippen LogP contribution in [0.25, 0.3) is 21.8 Å². The van der Waals surface area contributed by atoms with Crippen LogP contribution in [0.15, 0.2) is 36.5 Å². The molecule has 232 valence electrons. The molecule has 0 unspecified atom stereocenters. The first kappa shape index (κ1) is 33.5. The number of aryl methyl sites for hydroxylation is 1. The van der Waals surface area contributed by atoms with Crippen LogP contribution in [0.1, 0.15) is 61.4 Å². The Morgan fingerprint density at radius 1 is 0.857 bits per heavy atom. The predicted octanol–water partition coefficient (Wildman–Crippen LogP) is 6.97. The molecule has 4 aromatic rings. The molecule has 0 atom stereocenters. The number of unbranched alkanes of at least 4 members (excludes halogenated alkanes) is 3. The number of aromatic nitrogens is 3. The number of nitrogens with one attached hydrogen (secondary N) is 2. The fourth-order valence-corrected chi connectivity index (χ4v) is 7.40. The van der Waals surface area contributed by atoms with Gasteiger partial charge in [-0.1, -0.05) is 25.8 Å². The Hall–Kier alpha value is -3.00. The fraction of sp³-hybridized carbons (Fsp3) is 0.464. The summed E-state index contributed by atoms with van der Waals surface area (Å²) in [5, 5.41) is 6.14. The zero-order valence-corrected chi connectivity index (χ0v) is 25.0. The van der Waals surface area contributed by atoms with E-state index in [0.29, 0.717) is 34.9 Å². The van der Waals surface area contributed by atoms with Crippen molar-refractivity contribution >= 4 is 41.5 Å². The minimum Gasteiger partial charge on any atom is -0.359 e. The number of hydrogen-bond acceptors (Lipinski definition) is 5. The van der Waals surface area contributed by atoms with Gasteiger partial charge in [-0.2, -0.15) is 18.3 Å². The summed E-state index contributed by atoms with van der Waals surface area (Å²) in [5.74, 6) is -0.935. The van der Waals surface area contributed by atoms with Crippen molar-refractivity contribution in [1.29, 1.82) is 0 Å². The zero-order valence-electron chi connectivity index (χ0n) is 23.3. The van der Waals surface area contributed by atoms with E-state index in [1.54, 1.807) is 12.3 Å². The summed E-state index contributed by atoms with van der Waals surface area (Å²) in [5.41, 5.74) is 1.25. The quantitative estimate of drug-likeness (QED) is 0.129. The highest BCUT2D eigenvalue weighted by Gasteiger charge is 2.35. The van der Waals surface area contributed by atoms with E-state index in [2.05, 4.69) is 10.1 Å². The van der Waals surface area contributed by atoms with Gasteiger partial charge in [0.2, 0.25) is 0 Å². The number of benzene rings is 2. The molecule has 0 radical (unpaired) electrons. The minimum atomic E-state index is -4.55. The second-order valence-corrected chi connectivity index (χ2v) is 14.6. The Balaban J connectivity index is 0.000000231. The van der Waals surface area contributed by atoms with Gasteiger partial charge in [0.25, 0.3) is 0 Å². The number of H-pyrrole nitrogens is 2. The van der Waals surface area contributed by atoms with Crippen LogP contribution in [0.2, 0.25) is 0 Å². The Kier molecular flexibility index (Phi) is 11.2. The third kappa shape index (κ3) is 9.25. The molecule has 0 aliphatic carbocycles. The Morgan fingerprint density at radius 3 is 2.10 bits per heavy atom. The molecule has 2 heterocycles. The lowest BCUT2D eigenvalue weighted by atomic mass is 10.1. The van der Waals surface area contributed by atoms with Crippen molar-refractivity contribution in [1.82, 2.24) is 15.2 Å². The van der Waals surface area contributed by atoms with Gasteiger partial charge in [0.15, 0.2) is 19.7 Å².